The van der Waals surface area contributed by atoms with Crippen LogP contribution < -0.4 is 5.32 Å². The van der Waals surface area contributed by atoms with E-state index in [-0.39, 0.29) is 11.9 Å². The lowest BCUT2D eigenvalue weighted by Crippen LogP contribution is -2.28. The van der Waals surface area contributed by atoms with Crippen LogP contribution in [0.3, 0.4) is 0 Å². The second kappa shape index (κ2) is 6.61. The molecule has 1 amide bonds. The Labute approximate surface area is 136 Å². The molecule has 0 aliphatic carbocycles. The molecule has 3 rings (SSSR count). The van der Waals surface area contributed by atoms with Gasteiger partial charge in [0.2, 0.25) is 0 Å². The smallest absolute Gasteiger partial charge is 0.252 e. The number of aromatic nitrogens is 1. The van der Waals surface area contributed by atoms with Crippen LogP contribution in [0.1, 0.15) is 40.9 Å². The first-order valence-corrected chi connectivity index (χ1v) is 7.90. The van der Waals surface area contributed by atoms with Crippen molar-refractivity contribution in [2.45, 2.75) is 26.3 Å². The Morgan fingerprint density at radius 1 is 1.09 bits per heavy atom. The molecular weight excluding hydrogens is 284 g/mol. The fourth-order valence-corrected chi connectivity index (χ4v) is 2.76. The topological polar surface area (TPSA) is 42.0 Å². The molecule has 0 fully saturated rings. The maximum atomic E-state index is 12.7. The van der Waals surface area contributed by atoms with Crippen LogP contribution in [0.4, 0.5) is 0 Å². The highest BCUT2D eigenvalue weighted by Crippen LogP contribution is 2.20. The van der Waals surface area contributed by atoms with Crippen LogP contribution in [-0.4, -0.2) is 10.9 Å². The molecule has 0 aliphatic heterocycles. The van der Waals surface area contributed by atoms with E-state index in [2.05, 4.69) is 48.4 Å². The Morgan fingerprint density at radius 2 is 1.87 bits per heavy atom. The molecule has 116 valence electrons. The number of hydrogen-bond donors (Lipinski definition) is 1. The van der Waals surface area contributed by atoms with Crippen LogP contribution in [0.2, 0.25) is 0 Å². The molecule has 2 aromatic carbocycles. The summed E-state index contributed by atoms with van der Waals surface area (Å²) >= 11 is 0. The van der Waals surface area contributed by atoms with Gasteiger partial charge < -0.3 is 5.32 Å². The van der Waals surface area contributed by atoms with E-state index in [4.69, 9.17) is 0 Å². The quantitative estimate of drug-likeness (QED) is 0.775. The van der Waals surface area contributed by atoms with Crippen molar-refractivity contribution < 1.29 is 4.79 Å². The predicted octanol–water partition coefficient (Wildman–Crippen LogP) is 4.42. The molecule has 3 heteroatoms. The molecule has 0 unspecified atom stereocenters. The average molecular weight is 304 g/mol. The van der Waals surface area contributed by atoms with Crippen LogP contribution in [0, 0.1) is 6.92 Å². The summed E-state index contributed by atoms with van der Waals surface area (Å²) in [6, 6.07) is 17.7. The maximum absolute atomic E-state index is 12.7. The largest absolute Gasteiger partial charge is 0.345 e. The fraction of sp³-hybridized carbons (Fsp3) is 0.200. The monoisotopic (exact) mass is 304 g/mol. The summed E-state index contributed by atoms with van der Waals surface area (Å²) in [4.78, 5) is 17.0. The van der Waals surface area contributed by atoms with Crippen molar-refractivity contribution in [2.24, 2.45) is 0 Å². The summed E-state index contributed by atoms with van der Waals surface area (Å²) in [5.41, 5.74) is 3.85. The van der Waals surface area contributed by atoms with Crippen molar-refractivity contribution in [3.63, 3.8) is 0 Å². The van der Waals surface area contributed by atoms with Gasteiger partial charge in [0.05, 0.1) is 11.6 Å². The highest BCUT2D eigenvalue weighted by molar-refractivity contribution is 6.06. The standard InChI is InChI=1S/C20H20N2O/c1-3-18(15-11-9-14(2)10-12-15)22-20(23)17-6-4-8-19-16(17)7-5-13-21-19/h4-13,18H,3H2,1-2H3,(H,22,23)/t18-/m0/s1. The Bertz CT molecular complexity index is 819. The van der Waals surface area contributed by atoms with E-state index in [1.54, 1.807) is 6.20 Å². The molecule has 0 aliphatic rings. The van der Waals surface area contributed by atoms with E-state index >= 15 is 0 Å². The third-order valence-corrected chi connectivity index (χ3v) is 4.08. The number of aryl methyl sites for hydroxylation is 1. The minimum absolute atomic E-state index is 0.00928. The molecule has 0 saturated carbocycles. The number of benzene rings is 2. The van der Waals surface area contributed by atoms with Gasteiger partial charge in [-0.15, -0.1) is 0 Å². The van der Waals surface area contributed by atoms with E-state index < -0.39 is 0 Å². The zero-order valence-electron chi connectivity index (χ0n) is 13.4. The van der Waals surface area contributed by atoms with E-state index in [1.807, 2.05) is 30.3 Å². The average Bonchev–Trinajstić information content (AvgIpc) is 2.60. The molecule has 1 N–H and O–H groups in total. The molecule has 1 heterocycles. The lowest BCUT2D eigenvalue weighted by atomic mass is 10.0. The second-order valence-electron chi connectivity index (χ2n) is 5.72. The summed E-state index contributed by atoms with van der Waals surface area (Å²) < 4.78 is 0. The van der Waals surface area contributed by atoms with E-state index in [0.29, 0.717) is 5.56 Å². The van der Waals surface area contributed by atoms with Crippen molar-refractivity contribution in [2.75, 3.05) is 0 Å². The maximum Gasteiger partial charge on any atom is 0.252 e. The number of pyridine rings is 1. The van der Waals surface area contributed by atoms with E-state index in [9.17, 15) is 4.79 Å². The number of carbonyl (C=O) groups excluding carboxylic acids is 1. The fourth-order valence-electron chi connectivity index (χ4n) is 2.76. The summed E-state index contributed by atoms with van der Waals surface area (Å²) in [6.07, 6.45) is 2.59. The Morgan fingerprint density at radius 3 is 2.61 bits per heavy atom. The zero-order valence-corrected chi connectivity index (χ0v) is 13.4. The van der Waals surface area contributed by atoms with Crippen LogP contribution in [0.25, 0.3) is 10.9 Å². The number of carbonyl (C=O) groups is 1. The van der Waals surface area contributed by atoms with Gasteiger partial charge in [-0.3, -0.25) is 9.78 Å². The van der Waals surface area contributed by atoms with Gasteiger partial charge in [-0.05, 0) is 37.1 Å². The molecule has 3 nitrogen and oxygen atoms in total. The van der Waals surface area contributed by atoms with Crippen LogP contribution in [0.5, 0.6) is 0 Å². The summed E-state index contributed by atoms with van der Waals surface area (Å²) in [6.45, 7) is 4.14. The highest BCUT2D eigenvalue weighted by atomic mass is 16.1. The minimum Gasteiger partial charge on any atom is -0.345 e. The number of hydrogen-bond acceptors (Lipinski definition) is 2. The van der Waals surface area contributed by atoms with Gasteiger partial charge in [-0.25, -0.2) is 0 Å². The van der Waals surface area contributed by atoms with Crippen LogP contribution in [0.15, 0.2) is 60.8 Å². The van der Waals surface area contributed by atoms with Crippen LogP contribution >= 0.6 is 0 Å². The summed E-state index contributed by atoms with van der Waals surface area (Å²) in [7, 11) is 0. The van der Waals surface area contributed by atoms with Gasteiger partial charge in [0.15, 0.2) is 0 Å². The van der Waals surface area contributed by atoms with Crippen molar-refractivity contribution >= 4 is 16.8 Å². The second-order valence-corrected chi connectivity index (χ2v) is 5.72. The summed E-state index contributed by atoms with van der Waals surface area (Å²) in [5, 5.41) is 4.02. The minimum atomic E-state index is -0.0592. The molecule has 0 saturated heterocycles. The molecule has 3 aromatic rings. The van der Waals surface area contributed by atoms with E-state index in [0.717, 1.165) is 22.9 Å². The number of nitrogens with one attached hydrogen (secondary N) is 1. The predicted molar refractivity (Wildman–Crippen MR) is 93.4 cm³/mol. The van der Waals surface area contributed by atoms with Gasteiger partial charge in [-0.1, -0.05) is 48.9 Å². The number of amides is 1. The van der Waals surface area contributed by atoms with Crippen molar-refractivity contribution in [3.05, 3.63) is 77.5 Å². The first kappa shape index (κ1) is 15.2. The molecule has 0 bridgehead atoms. The van der Waals surface area contributed by atoms with Crippen molar-refractivity contribution in [1.82, 2.24) is 10.3 Å². The van der Waals surface area contributed by atoms with Crippen LogP contribution in [-0.2, 0) is 0 Å². The Balaban J connectivity index is 1.88. The third-order valence-electron chi connectivity index (χ3n) is 4.08. The number of nitrogens with zero attached hydrogens (tertiary/aromatic N) is 1. The molecule has 23 heavy (non-hydrogen) atoms. The highest BCUT2D eigenvalue weighted by Gasteiger charge is 2.16. The van der Waals surface area contributed by atoms with E-state index in [1.165, 1.54) is 5.56 Å². The normalized spacial score (nSPS) is 12.1. The van der Waals surface area contributed by atoms with Crippen molar-refractivity contribution in [3.8, 4) is 0 Å². The first-order valence-electron chi connectivity index (χ1n) is 7.90. The van der Waals surface area contributed by atoms with Crippen molar-refractivity contribution in [1.29, 1.82) is 0 Å². The molecule has 0 radical (unpaired) electrons. The first-order chi connectivity index (χ1) is 11.2. The molecular formula is C20H20N2O. The molecule has 1 atom stereocenters. The van der Waals surface area contributed by atoms with Gasteiger partial charge in [0, 0.05) is 17.1 Å². The lowest BCUT2D eigenvalue weighted by molar-refractivity contribution is 0.0937. The molecule has 0 spiro atoms. The van der Waals surface area contributed by atoms with Gasteiger partial charge in [0.25, 0.3) is 5.91 Å². The van der Waals surface area contributed by atoms with Gasteiger partial charge in [-0.2, -0.15) is 0 Å². The SMILES string of the molecule is CC[C@H](NC(=O)c1cccc2ncccc12)c1ccc(C)cc1. The third kappa shape index (κ3) is 3.24. The van der Waals surface area contributed by atoms with Gasteiger partial charge >= 0.3 is 0 Å². The number of fused-ring (bicyclic) bond motifs is 1. The van der Waals surface area contributed by atoms with Gasteiger partial charge in [0.1, 0.15) is 0 Å². The summed E-state index contributed by atoms with van der Waals surface area (Å²) in [5.74, 6) is -0.0592. The Hall–Kier alpha value is -2.68. The molecule has 1 aromatic heterocycles. The zero-order chi connectivity index (χ0) is 16.2. The Kier molecular flexibility index (Phi) is 4.38. The lowest BCUT2D eigenvalue weighted by Gasteiger charge is -2.18. The number of rotatable bonds is 4.